The maximum absolute atomic E-state index is 11.8. The second-order valence-corrected chi connectivity index (χ2v) is 5.27. The number of anilines is 1. The molecule has 0 atom stereocenters. The van der Waals surface area contributed by atoms with E-state index in [1.807, 2.05) is 0 Å². The molecular weight excluding hydrogens is 362 g/mol. The number of hydrogen-bond donors (Lipinski definition) is 2. The molecule has 0 aliphatic rings. The first-order chi connectivity index (χ1) is 12.5. The normalized spacial score (nSPS) is 10.3. The Kier molecular flexibility index (Phi) is 6.69. The number of hydrogen-bond acceptors (Lipinski definition) is 6. The fourth-order valence-corrected chi connectivity index (χ4v) is 1.93. The summed E-state index contributed by atoms with van der Waals surface area (Å²) < 4.78 is 4.92. The van der Waals surface area contributed by atoms with Crippen molar-refractivity contribution in [2.45, 2.75) is 0 Å². The van der Waals surface area contributed by atoms with Crippen LogP contribution >= 0.6 is 11.6 Å². The van der Waals surface area contributed by atoms with Crippen molar-refractivity contribution >= 4 is 41.3 Å². The molecule has 0 aliphatic carbocycles. The number of ether oxygens (including phenoxy) is 1. The second-order valence-electron chi connectivity index (χ2n) is 4.86. The summed E-state index contributed by atoms with van der Waals surface area (Å²) in [5.41, 5.74) is 2.99. The van der Waals surface area contributed by atoms with Crippen LogP contribution in [0.2, 0.25) is 5.02 Å². The number of nitrogens with one attached hydrogen (secondary N) is 2. The molecule has 2 aromatic carbocycles. The van der Waals surface area contributed by atoms with Gasteiger partial charge in [-0.3, -0.25) is 9.59 Å². The highest BCUT2D eigenvalue weighted by Crippen LogP contribution is 2.20. The summed E-state index contributed by atoms with van der Waals surface area (Å²) in [7, 11) is 0. The van der Waals surface area contributed by atoms with Crippen LogP contribution in [-0.2, 0) is 14.4 Å². The number of amides is 2. The van der Waals surface area contributed by atoms with Crippen LogP contribution in [0.15, 0.2) is 53.6 Å². The van der Waals surface area contributed by atoms with Crippen molar-refractivity contribution in [2.75, 3.05) is 11.9 Å². The first-order valence-electron chi connectivity index (χ1n) is 7.27. The Bertz CT molecular complexity index is 837. The van der Waals surface area contributed by atoms with Crippen molar-refractivity contribution in [3.8, 4) is 5.75 Å². The van der Waals surface area contributed by atoms with Crippen LogP contribution in [0.5, 0.6) is 5.75 Å². The Morgan fingerprint density at radius 1 is 1.08 bits per heavy atom. The number of rotatable bonds is 6. The topological polar surface area (TPSA) is 120 Å². The summed E-state index contributed by atoms with van der Waals surface area (Å²) in [6.45, 7) is -0.552. The lowest BCUT2D eigenvalue weighted by atomic mass is 10.2. The quantitative estimate of drug-likeness (QED) is 0.435. The number of carboxylic acids is 1. The summed E-state index contributed by atoms with van der Waals surface area (Å²) in [6.07, 6.45) is 1.31. The van der Waals surface area contributed by atoms with Gasteiger partial charge in [-0.05, 0) is 42.0 Å². The first kappa shape index (κ1) is 18.9. The van der Waals surface area contributed by atoms with Crippen molar-refractivity contribution in [1.82, 2.24) is 5.43 Å². The van der Waals surface area contributed by atoms with Crippen molar-refractivity contribution < 1.29 is 24.2 Å². The number of carbonyl (C=O) groups excluding carboxylic acids is 3. The Morgan fingerprint density at radius 2 is 1.77 bits per heavy atom. The Balaban J connectivity index is 1.85. The van der Waals surface area contributed by atoms with Gasteiger partial charge in [0.2, 0.25) is 0 Å². The molecule has 134 valence electrons. The van der Waals surface area contributed by atoms with Crippen LogP contribution in [0.1, 0.15) is 5.56 Å². The molecule has 0 saturated heterocycles. The average molecular weight is 375 g/mol. The third-order valence-electron chi connectivity index (χ3n) is 2.94. The number of aliphatic carboxylic acids is 1. The highest BCUT2D eigenvalue weighted by molar-refractivity contribution is 6.41. The summed E-state index contributed by atoms with van der Waals surface area (Å²) in [4.78, 5) is 33.7. The standard InChI is InChI=1S/C17H14ClN3O5/c18-13-3-1-2-4-14(13)20-16(24)17(25)21-19-9-11-5-7-12(8-6-11)26-10-15(22)23/h1-9H,10H2,(H,20,24)(H,21,25)(H,22,23)/p-1/b19-9-. The van der Waals surface area contributed by atoms with Crippen LogP contribution in [0, 0.1) is 0 Å². The average Bonchev–Trinajstić information content (AvgIpc) is 2.62. The Labute approximate surface area is 153 Å². The molecule has 2 N–H and O–H groups in total. The van der Waals surface area contributed by atoms with Crippen molar-refractivity contribution in [1.29, 1.82) is 0 Å². The van der Waals surface area contributed by atoms with Crippen molar-refractivity contribution in [3.63, 3.8) is 0 Å². The van der Waals surface area contributed by atoms with E-state index in [1.165, 1.54) is 18.3 Å². The number of carboxylic acid groups (broad SMARTS) is 1. The van der Waals surface area contributed by atoms with E-state index in [2.05, 4.69) is 15.8 Å². The lowest BCUT2D eigenvalue weighted by molar-refractivity contribution is -0.307. The fraction of sp³-hybridized carbons (Fsp3) is 0.0588. The largest absolute Gasteiger partial charge is 0.546 e. The third-order valence-corrected chi connectivity index (χ3v) is 3.27. The third kappa shape index (κ3) is 5.91. The molecule has 2 amide bonds. The first-order valence-corrected chi connectivity index (χ1v) is 7.65. The molecular formula is C17H13ClN3O5-. The maximum atomic E-state index is 11.8. The maximum Gasteiger partial charge on any atom is 0.329 e. The lowest BCUT2D eigenvalue weighted by Crippen LogP contribution is -2.32. The Hall–Kier alpha value is -3.39. The monoisotopic (exact) mass is 374 g/mol. The SMILES string of the molecule is O=C([O-])COc1ccc(/C=N\NC(=O)C(=O)Nc2ccccc2Cl)cc1. The molecule has 0 spiro atoms. The summed E-state index contributed by atoms with van der Waals surface area (Å²) in [5.74, 6) is -2.86. The zero-order valence-electron chi connectivity index (χ0n) is 13.3. The van der Waals surface area contributed by atoms with Gasteiger partial charge < -0.3 is 20.0 Å². The van der Waals surface area contributed by atoms with Gasteiger partial charge in [-0.15, -0.1) is 0 Å². The predicted molar refractivity (Wildman–Crippen MR) is 92.8 cm³/mol. The molecule has 26 heavy (non-hydrogen) atoms. The summed E-state index contributed by atoms with van der Waals surface area (Å²) >= 11 is 5.89. The van der Waals surface area contributed by atoms with Gasteiger partial charge in [0, 0.05) is 0 Å². The van der Waals surface area contributed by atoms with Gasteiger partial charge in [0.05, 0.1) is 22.9 Å². The fourth-order valence-electron chi connectivity index (χ4n) is 1.75. The summed E-state index contributed by atoms with van der Waals surface area (Å²) in [6, 6.07) is 12.7. The molecule has 0 aromatic heterocycles. The summed E-state index contributed by atoms with van der Waals surface area (Å²) in [5, 5.41) is 16.6. The zero-order chi connectivity index (χ0) is 18.9. The molecule has 0 fully saturated rings. The van der Waals surface area contributed by atoms with E-state index in [9.17, 15) is 19.5 Å². The minimum Gasteiger partial charge on any atom is -0.546 e. The van der Waals surface area contributed by atoms with Crippen LogP contribution in [0.3, 0.4) is 0 Å². The molecule has 0 aliphatic heterocycles. The highest BCUT2D eigenvalue weighted by atomic mass is 35.5. The second kappa shape index (κ2) is 9.19. The minimum atomic E-state index is -1.33. The number of hydrazone groups is 1. The number of halogens is 1. The lowest BCUT2D eigenvalue weighted by Gasteiger charge is -2.06. The number of benzene rings is 2. The predicted octanol–water partition coefficient (Wildman–Crippen LogP) is 0.557. The Morgan fingerprint density at radius 3 is 2.42 bits per heavy atom. The van der Waals surface area contributed by atoms with Gasteiger partial charge in [0.15, 0.2) is 0 Å². The van der Waals surface area contributed by atoms with E-state index >= 15 is 0 Å². The van der Waals surface area contributed by atoms with Crippen LogP contribution in [0.4, 0.5) is 5.69 Å². The minimum absolute atomic E-state index is 0.304. The van der Waals surface area contributed by atoms with Crippen LogP contribution in [0.25, 0.3) is 0 Å². The van der Waals surface area contributed by atoms with Gasteiger partial charge in [-0.25, -0.2) is 5.43 Å². The van der Waals surface area contributed by atoms with Crippen molar-refractivity contribution in [2.24, 2.45) is 5.10 Å². The molecule has 0 saturated carbocycles. The molecule has 2 aromatic rings. The van der Waals surface area contributed by atoms with E-state index in [-0.39, 0.29) is 0 Å². The number of carbonyl (C=O) groups is 3. The van der Waals surface area contributed by atoms with Crippen LogP contribution < -0.4 is 20.6 Å². The molecule has 0 bridgehead atoms. The van der Waals surface area contributed by atoms with E-state index in [0.717, 1.165) is 0 Å². The molecule has 2 rings (SSSR count). The number of nitrogens with zero attached hydrogens (tertiary/aromatic N) is 1. The highest BCUT2D eigenvalue weighted by Gasteiger charge is 2.13. The smallest absolute Gasteiger partial charge is 0.329 e. The molecule has 0 unspecified atom stereocenters. The van der Waals surface area contributed by atoms with E-state index in [0.29, 0.717) is 22.0 Å². The molecule has 0 heterocycles. The van der Waals surface area contributed by atoms with Gasteiger partial charge in [-0.1, -0.05) is 23.7 Å². The van der Waals surface area contributed by atoms with Gasteiger partial charge in [0.25, 0.3) is 0 Å². The molecule has 8 nitrogen and oxygen atoms in total. The van der Waals surface area contributed by atoms with E-state index in [4.69, 9.17) is 16.3 Å². The molecule has 0 radical (unpaired) electrons. The number of para-hydroxylation sites is 1. The zero-order valence-corrected chi connectivity index (χ0v) is 14.0. The molecule has 9 heteroatoms. The van der Waals surface area contributed by atoms with Crippen LogP contribution in [-0.4, -0.2) is 30.6 Å². The van der Waals surface area contributed by atoms with E-state index in [1.54, 1.807) is 36.4 Å². The van der Waals surface area contributed by atoms with E-state index < -0.39 is 24.4 Å². The van der Waals surface area contributed by atoms with Crippen molar-refractivity contribution in [3.05, 3.63) is 59.1 Å². The van der Waals surface area contributed by atoms with Gasteiger partial charge in [0.1, 0.15) is 12.4 Å². The van der Waals surface area contributed by atoms with Gasteiger partial charge >= 0.3 is 11.8 Å². The van der Waals surface area contributed by atoms with Gasteiger partial charge in [-0.2, -0.15) is 5.10 Å².